The number of nitrogens with one attached hydrogen (secondary N) is 2. The third-order valence-electron chi connectivity index (χ3n) is 5.78. The van der Waals surface area contributed by atoms with Crippen LogP contribution in [0, 0.1) is 0 Å². The first-order valence-corrected chi connectivity index (χ1v) is 11.9. The van der Waals surface area contributed by atoms with Crippen molar-refractivity contribution in [1.29, 1.82) is 0 Å². The van der Waals surface area contributed by atoms with E-state index in [0.717, 1.165) is 10.8 Å². The zero-order valence-corrected chi connectivity index (χ0v) is 20.6. The predicted octanol–water partition coefficient (Wildman–Crippen LogP) is 1.76. The Kier molecular flexibility index (Phi) is 9.28. The Morgan fingerprint density at radius 2 is 1.68 bits per heavy atom. The Balaban J connectivity index is 1.54. The molecule has 196 valence electrons. The number of benzene rings is 3. The fraction of sp³-hybridized carbons (Fsp3) is 0.296. The highest BCUT2D eigenvalue weighted by molar-refractivity contribution is 5.91. The summed E-state index contributed by atoms with van der Waals surface area (Å²) in [5.41, 5.74) is 12.6. The summed E-state index contributed by atoms with van der Waals surface area (Å²) in [7, 11) is 0. The standard InChI is InChI=1S/C27H32N4O6/c1-16(32)31-25(26(29)35)20-14-18-6-2-3-7-19(18)15-24(20)37-11-5-4-10-30-27(36)21(28)12-17-8-9-22(33)23(34)13-17/h2-3,6-9,13-15,21,25,33-34H,4-5,10-12,28H2,1H3,(H2,29,35)(H,30,36)(H,31,32)/t21-,25?/m0/s1. The minimum absolute atomic E-state index is 0.211. The van der Waals surface area contributed by atoms with Crippen molar-refractivity contribution in [3.63, 3.8) is 0 Å². The molecule has 0 radical (unpaired) electrons. The van der Waals surface area contributed by atoms with E-state index in [0.29, 0.717) is 42.9 Å². The largest absolute Gasteiger partial charge is 0.504 e. The number of hydrogen-bond acceptors (Lipinski definition) is 7. The Hall–Kier alpha value is -4.31. The first-order chi connectivity index (χ1) is 17.7. The molecular weight excluding hydrogens is 476 g/mol. The lowest BCUT2D eigenvalue weighted by Crippen LogP contribution is -2.42. The first-order valence-electron chi connectivity index (χ1n) is 11.9. The lowest BCUT2D eigenvalue weighted by atomic mass is 10.00. The Bertz CT molecular complexity index is 1280. The number of primary amides is 1. The second-order valence-corrected chi connectivity index (χ2v) is 8.75. The molecule has 0 bridgehead atoms. The second kappa shape index (κ2) is 12.6. The summed E-state index contributed by atoms with van der Waals surface area (Å²) in [5, 5.41) is 26.1. The van der Waals surface area contributed by atoms with Crippen molar-refractivity contribution < 1.29 is 29.3 Å². The summed E-state index contributed by atoms with van der Waals surface area (Å²) in [5.74, 6) is -1.47. The highest BCUT2D eigenvalue weighted by Gasteiger charge is 2.23. The Morgan fingerprint density at radius 1 is 0.973 bits per heavy atom. The smallest absolute Gasteiger partial charge is 0.244 e. The van der Waals surface area contributed by atoms with Gasteiger partial charge in [0.2, 0.25) is 17.7 Å². The topological polar surface area (TPSA) is 177 Å². The van der Waals surface area contributed by atoms with Gasteiger partial charge in [0.05, 0.1) is 12.6 Å². The third kappa shape index (κ3) is 7.58. The molecule has 2 atom stereocenters. The normalized spacial score (nSPS) is 12.5. The molecular formula is C27H32N4O6. The van der Waals surface area contributed by atoms with Crippen molar-refractivity contribution in [3.05, 3.63) is 65.7 Å². The van der Waals surface area contributed by atoms with Gasteiger partial charge in [-0.1, -0.05) is 30.3 Å². The van der Waals surface area contributed by atoms with Gasteiger partial charge < -0.3 is 37.1 Å². The van der Waals surface area contributed by atoms with Crippen molar-refractivity contribution >= 4 is 28.5 Å². The molecule has 0 aliphatic rings. The summed E-state index contributed by atoms with van der Waals surface area (Å²) in [6.07, 6.45) is 1.43. The van der Waals surface area contributed by atoms with Crippen LogP contribution in [-0.2, 0) is 20.8 Å². The number of ether oxygens (including phenoxy) is 1. The zero-order valence-electron chi connectivity index (χ0n) is 20.6. The van der Waals surface area contributed by atoms with Crippen LogP contribution in [0.25, 0.3) is 10.8 Å². The van der Waals surface area contributed by atoms with Gasteiger partial charge in [-0.05, 0) is 59.9 Å². The van der Waals surface area contributed by atoms with Crippen molar-refractivity contribution in [1.82, 2.24) is 10.6 Å². The van der Waals surface area contributed by atoms with E-state index in [-0.39, 0.29) is 29.7 Å². The molecule has 0 spiro atoms. The molecule has 3 aromatic carbocycles. The van der Waals surface area contributed by atoms with E-state index in [4.69, 9.17) is 16.2 Å². The number of rotatable bonds is 12. The van der Waals surface area contributed by atoms with Gasteiger partial charge in [-0.15, -0.1) is 0 Å². The first kappa shape index (κ1) is 27.3. The maximum Gasteiger partial charge on any atom is 0.244 e. The van der Waals surface area contributed by atoms with Crippen molar-refractivity contribution in [2.24, 2.45) is 11.5 Å². The SMILES string of the molecule is CC(=O)NC(C(N)=O)c1cc2ccccc2cc1OCCCCNC(=O)[C@@H](N)Cc1ccc(O)c(O)c1. The fourth-order valence-electron chi connectivity index (χ4n) is 3.89. The van der Waals surface area contributed by atoms with Gasteiger partial charge in [-0.3, -0.25) is 14.4 Å². The van der Waals surface area contributed by atoms with Crippen LogP contribution in [0.2, 0.25) is 0 Å². The Labute approximate surface area is 214 Å². The predicted molar refractivity (Wildman–Crippen MR) is 139 cm³/mol. The maximum absolute atomic E-state index is 12.3. The van der Waals surface area contributed by atoms with Crippen molar-refractivity contribution in [2.45, 2.75) is 38.3 Å². The number of aromatic hydroxyl groups is 2. The molecule has 3 aromatic rings. The molecule has 37 heavy (non-hydrogen) atoms. The summed E-state index contributed by atoms with van der Waals surface area (Å²) in [6.45, 7) is 2.01. The zero-order chi connectivity index (χ0) is 26.9. The van der Waals surface area contributed by atoms with Gasteiger partial charge in [0.25, 0.3) is 0 Å². The van der Waals surface area contributed by atoms with Crippen LogP contribution in [0.1, 0.15) is 36.9 Å². The number of carbonyl (C=O) groups excluding carboxylic acids is 3. The quantitative estimate of drug-likeness (QED) is 0.159. The van der Waals surface area contributed by atoms with E-state index < -0.39 is 18.0 Å². The van der Waals surface area contributed by atoms with E-state index in [9.17, 15) is 24.6 Å². The van der Waals surface area contributed by atoms with E-state index in [2.05, 4.69) is 10.6 Å². The van der Waals surface area contributed by atoms with Crippen LogP contribution in [0.5, 0.6) is 17.2 Å². The molecule has 10 heteroatoms. The molecule has 0 heterocycles. The molecule has 0 fully saturated rings. The van der Waals surface area contributed by atoms with Gasteiger partial charge in [-0.2, -0.15) is 0 Å². The van der Waals surface area contributed by atoms with E-state index in [1.165, 1.54) is 19.1 Å². The van der Waals surface area contributed by atoms with Crippen LogP contribution >= 0.6 is 0 Å². The van der Waals surface area contributed by atoms with Gasteiger partial charge >= 0.3 is 0 Å². The van der Waals surface area contributed by atoms with Crippen LogP contribution in [0.3, 0.4) is 0 Å². The van der Waals surface area contributed by atoms with Crippen molar-refractivity contribution in [2.75, 3.05) is 13.2 Å². The molecule has 0 aliphatic carbocycles. The number of phenolic OH excluding ortho intramolecular Hbond substituents is 2. The molecule has 8 N–H and O–H groups in total. The molecule has 0 aliphatic heterocycles. The molecule has 10 nitrogen and oxygen atoms in total. The van der Waals surface area contributed by atoms with E-state index >= 15 is 0 Å². The molecule has 0 saturated heterocycles. The number of hydrogen-bond donors (Lipinski definition) is 6. The number of carbonyl (C=O) groups is 3. The highest BCUT2D eigenvalue weighted by atomic mass is 16.5. The number of unbranched alkanes of at least 4 members (excludes halogenated alkanes) is 1. The lowest BCUT2D eigenvalue weighted by Gasteiger charge is -2.20. The fourth-order valence-corrected chi connectivity index (χ4v) is 3.89. The van der Waals surface area contributed by atoms with Crippen LogP contribution < -0.4 is 26.8 Å². The number of amides is 3. The summed E-state index contributed by atoms with van der Waals surface area (Å²) in [4.78, 5) is 36.0. The van der Waals surface area contributed by atoms with Crippen LogP contribution in [0.4, 0.5) is 0 Å². The van der Waals surface area contributed by atoms with Gasteiger partial charge in [0.15, 0.2) is 11.5 Å². The van der Waals surface area contributed by atoms with E-state index in [1.54, 1.807) is 12.1 Å². The van der Waals surface area contributed by atoms with Gasteiger partial charge in [-0.25, -0.2) is 0 Å². The summed E-state index contributed by atoms with van der Waals surface area (Å²) in [6, 6.07) is 13.6. The number of fused-ring (bicyclic) bond motifs is 1. The maximum atomic E-state index is 12.3. The van der Waals surface area contributed by atoms with Gasteiger partial charge in [0, 0.05) is 19.0 Å². The molecule has 3 rings (SSSR count). The number of phenols is 2. The summed E-state index contributed by atoms with van der Waals surface area (Å²) < 4.78 is 5.97. The molecule has 1 unspecified atom stereocenters. The molecule has 3 amide bonds. The number of nitrogens with two attached hydrogens (primary N) is 2. The summed E-state index contributed by atoms with van der Waals surface area (Å²) >= 11 is 0. The second-order valence-electron chi connectivity index (χ2n) is 8.75. The third-order valence-corrected chi connectivity index (χ3v) is 5.78. The minimum atomic E-state index is -1.03. The van der Waals surface area contributed by atoms with Crippen LogP contribution in [0.15, 0.2) is 54.6 Å². The lowest BCUT2D eigenvalue weighted by molar-refractivity contribution is -0.126. The van der Waals surface area contributed by atoms with Gasteiger partial charge in [0.1, 0.15) is 11.8 Å². The van der Waals surface area contributed by atoms with Crippen molar-refractivity contribution in [3.8, 4) is 17.2 Å². The van der Waals surface area contributed by atoms with E-state index in [1.807, 2.05) is 30.3 Å². The average Bonchev–Trinajstić information content (AvgIpc) is 2.86. The minimum Gasteiger partial charge on any atom is -0.504 e. The highest BCUT2D eigenvalue weighted by Crippen LogP contribution is 2.31. The monoisotopic (exact) mass is 508 g/mol. The van der Waals surface area contributed by atoms with Crippen LogP contribution in [-0.4, -0.2) is 47.1 Å². The average molecular weight is 509 g/mol. The molecule has 0 aromatic heterocycles. The molecule has 0 saturated carbocycles. The Morgan fingerprint density at radius 3 is 2.32 bits per heavy atom.